The molecule has 230 valence electrons. The molecule has 0 aromatic heterocycles. The van der Waals surface area contributed by atoms with Crippen LogP contribution in [0.5, 0.6) is 0 Å². The van der Waals surface area contributed by atoms with Crippen LogP contribution in [0.4, 0.5) is 13.2 Å². The monoisotopic (exact) mass is 601 g/mol. The Bertz CT molecular complexity index is 1370. The van der Waals surface area contributed by atoms with Crippen molar-refractivity contribution in [2.45, 2.75) is 69.6 Å². The van der Waals surface area contributed by atoms with Crippen LogP contribution in [-0.2, 0) is 32.1 Å². The summed E-state index contributed by atoms with van der Waals surface area (Å²) in [7, 11) is 0. The first kappa shape index (κ1) is 31.7. The molecule has 2 aromatic rings. The summed E-state index contributed by atoms with van der Waals surface area (Å²) in [6.45, 7) is 0.388. The van der Waals surface area contributed by atoms with Crippen molar-refractivity contribution in [2.75, 3.05) is 0 Å². The lowest BCUT2D eigenvalue weighted by molar-refractivity contribution is -0.148. The number of benzene rings is 2. The van der Waals surface area contributed by atoms with E-state index >= 15 is 0 Å². The molecular formula is C31H34F3N3O6. The number of carboxylic acid groups (broad SMARTS) is 2. The molecule has 2 aromatic carbocycles. The Morgan fingerprint density at radius 1 is 0.930 bits per heavy atom. The molecule has 9 nitrogen and oxygen atoms in total. The zero-order valence-corrected chi connectivity index (χ0v) is 23.3. The molecule has 3 fully saturated rings. The van der Waals surface area contributed by atoms with Gasteiger partial charge in [-0.05, 0) is 68.1 Å². The van der Waals surface area contributed by atoms with Crippen molar-refractivity contribution in [2.24, 2.45) is 17.1 Å². The lowest BCUT2D eigenvalue weighted by Crippen LogP contribution is -2.54. The Balaban J connectivity index is 0.000000467. The van der Waals surface area contributed by atoms with Gasteiger partial charge in [0.25, 0.3) is 0 Å². The van der Waals surface area contributed by atoms with Crippen LogP contribution in [0.3, 0.4) is 0 Å². The van der Waals surface area contributed by atoms with Crippen molar-refractivity contribution in [3.63, 3.8) is 0 Å². The van der Waals surface area contributed by atoms with Gasteiger partial charge >= 0.3 is 11.9 Å². The highest BCUT2D eigenvalue weighted by Crippen LogP contribution is 2.51. The molecule has 12 heteroatoms. The lowest BCUT2D eigenvalue weighted by atomic mass is 9.82. The number of hydrogen-bond donors (Lipinski definition) is 4. The molecule has 0 unspecified atom stereocenters. The number of nitrogens with zero attached hydrogens (tertiary/aromatic N) is 1. The van der Waals surface area contributed by atoms with Gasteiger partial charge in [0.15, 0.2) is 11.6 Å². The highest BCUT2D eigenvalue weighted by molar-refractivity contribution is 6.08. The van der Waals surface area contributed by atoms with Gasteiger partial charge in [0.05, 0.1) is 0 Å². The van der Waals surface area contributed by atoms with Gasteiger partial charge in [0.2, 0.25) is 11.8 Å². The average Bonchev–Trinajstić information content (AvgIpc) is 3.74. The van der Waals surface area contributed by atoms with Gasteiger partial charge in [-0.2, -0.15) is 0 Å². The number of nitrogens with two attached hydrogens (primary N) is 1. The Morgan fingerprint density at radius 2 is 1.49 bits per heavy atom. The van der Waals surface area contributed by atoms with Crippen molar-refractivity contribution in [3.8, 4) is 0 Å². The molecule has 5 rings (SSSR count). The van der Waals surface area contributed by atoms with Gasteiger partial charge in [0, 0.05) is 42.9 Å². The van der Waals surface area contributed by atoms with Crippen LogP contribution >= 0.6 is 0 Å². The second-order valence-electron chi connectivity index (χ2n) is 11.3. The number of rotatable bonds is 9. The van der Waals surface area contributed by atoms with Crippen molar-refractivity contribution in [1.82, 2.24) is 10.2 Å². The summed E-state index contributed by atoms with van der Waals surface area (Å²) < 4.78 is 41.0. The molecule has 43 heavy (non-hydrogen) atoms. The van der Waals surface area contributed by atoms with Gasteiger partial charge in [0.1, 0.15) is 11.2 Å². The third kappa shape index (κ3) is 7.61. The molecule has 2 amide bonds. The number of halogens is 3. The van der Waals surface area contributed by atoms with Crippen LogP contribution in [0, 0.1) is 28.8 Å². The molecular weight excluding hydrogens is 567 g/mol. The van der Waals surface area contributed by atoms with E-state index in [1.54, 1.807) is 0 Å². The van der Waals surface area contributed by atoms with Gasteiger partial charge < -0.3 is 26.2 Å². The third-order valence-corrected chi connectivity index (χ3v) is 8.41. The highest BCUT2D eigenvalue weighted by atomic mass is 19.2. The van der Waals surface area contributed by atoms with E-state index < -0.39 is 40.8 Å². The maximum atomic E-state index is 14.1. The lowest BCUT2D eigenvalue weighted by Gasteiger charge is -2.42. The topological polar surface area (TPSA) is 150 Å². The molecule has 4 atom stereocenters. The third-order valence-electron chi connectivity index (χ3n) is 8.41. The minimum absolute atomic E-state index is 0.00787. The first-order valence-corrected chi connectivity index (χ1v) is 14.1. The first-order valence-electron chi connectivity index (χ1n) is 14.1. The summed E-state index contributed by atoms with van der Waals surface area (Å²) in [5, 5.41) is 18.6. The van der Waals surface area contributed by atoms with Crippen molar-refractivity contribution < 1.29 is 42.6 Å². The zero-order chi connectivity index (χ0) is 31.3. The quantitative estimate of drug-likeness (QED) is 0.195. The van der Waals surface area contributed by atoms with E-state index in [2.05, 4.69) is 5.32 Å². The van der Waals surface area contributed by atoms with Crippen LogP contribution in [0.15, 0.2) is 54.6 Å². The van der Waals surface area contributed by atoms with Crippen LogP contribution in [-0.4, -0.2) is 57.0 Å². The standard InChI is InChI=1S/C27H30F3N3O2.C4H4O4/c28-21-14-23(30)22(29)12-17(21)13-24(31)18-10-19-6-7-20(11-18)33(19)26(35)27(8-9-27)25(34)32-15-16-4-2-1-3-5-16;5-3(6)1-2-4(7)8/h1-5,12,14,18-20,24H,6-11,13,15,31H2,(H,32,34);1-2H,(H,5,6)(H,7,8)/b;2-1-/t18-,19-,20+,24-;/m1./s1. The number of aliphatic carboxylic acids is 2. The molecule has 2 saturated heterocycles. The SMILES string of the molecule is N[C@H](Cc1cc(F)c(F)cc1F)[C@@H]1C[C@H]2CC[C@@H](C1)N2C(=O)C1(C(=O)NCc2ccccc2)CC1.O=C(O)/C=C\C(=O)O. The molecule has 2 bridgehead atoms. The van der Waals surface area contributed by atoms with Crippen LogP contribution in [0.2, 0.25) is 0 Å². The second kappa shape index (κ2) is 13.4. The fourth-order valence-electron chi connectivity index (χ4n) is 6.04. The van der Waals surface area contributed by atoms with Gasteiger partial charge in [-0.1, -0.05) is 30.3 Å². The molecule has 0 spiro atoms. The maximum absolute atomic E-state index is 14.1. The molecule has 3 aliphatic rings. The normalized spacial score (nSPS) is 22.3. The number of hydrogen-bond acceptors (Lipinski definition) is 5. The number of carbonyl (C=O) groups is 4. The summed E-state index contributed by atoms with van der Waals surface area (Å²) >= 11 is 0. The molecule has 2 heterocycles. The Morgan fingerprint density at radius 3 is 2.02 bits per heavy atom. The average molecular weight is 602 g/mol. The summed E-state index contributed by atoms with van der Waals surface area (Å²) in [6, 6.07) is 10.6. The van der Waals surface area contributed by atoms with E-state index in [1.165, 1.54) is 0 Å². The molecule has 1 saturated carbocycles. The van der Waals surface area contributed by atoms with Gasteiger partial charge in [-0.3, -0.25) is 9.59 Å². The van der Waals surface area contributed by atoms with Crippen molar-refractivity contribution in [3.05, 3.63) is 83.2 Å². The molecule has 1 aliphatic carbocycles. The van der Waals surface area contributed by atoms with Crippen LogP contribution in [0.25, 0.3) is 0 Å². The smallest absolute Gasteiger partial charge is 0.328 e. The van der Waals surface area contributed by atoms with Crippen molar-refractivity contribution in [1.29, 1.82) is 0 Å². The minimum Gasteiger partial charge on any atom is -0.478 e. The first-order chi connectivity index (χ1) is 20.4. The number of amides is 2. The van der Waals surface area contributed by atoms with Crippen LogP contribution in [0.1, 0.15) is 49.7 Å². The summed E-state index contributed by atoms with van der Waals surface area (Å²) in [4.78, 5) is 47.6. The molecule has 0 radical (unpaired) electrons. The Hall–Kier alpha value is -4.19. The number of piperidine rings is 1. The highest BCUT2D eigenvalue weighted by Gasteiger charge is 2.61. The van der Waals surface area contributed by atoms with E-state index in [-0.39, 0.29) is 41.8 Å². The van der Waals surface area contributed by atoms with E-state index in [4.69, 9.17) is 15.9 Å². The predicted octanol–water partition coefficient (Wildman–Crippen LogP) is 3.55. The summed E-state index contributed by atoms with van der Waals surface area (Å²) in [6.07, 6.45) is 5.35. The summed E-state index contributed by atoms with van der Waals surface area (Å²) in [5.41, 5.74) is 6.48. The van der Waals surface area contributed by atoms with E-state index in [0.29, 0.717) is 50.4 Å². The largest absolute Gasteiger partial charge is 0.478 e. The Labute approximate surface area is 246 Å². The zero-order valence-electron chi connectivity index (χ0n) is 23.3. The number of nitrogens with one attached hydrogen (secondary N) is 1. The number of fused-ring (bicyclic) bond motifs is 2. The predicted molar refractivity (Wildman–Crippen MR) is 149 cm³/mol. The minimum atomic E-state index is -1.26. The van der Waals surface area contributed by atoms with Gasteiger partial charge in [-0.15, -0.1) is 0 Å². The fourth-order valence-corrected chi connectivity index (χ4v) is 6.04. The summed E-state index contributed by atoms with van der Waals surface area (Å²) in [5.74, 6) is -5.88. The number of carboxylic acids is 2. The Kier molecular flexibility index (Phi) is 9.90. The van der Waals surface area contributed by atoms with E-state index in [9.17, 15) is 32.3 Å². The fraction of sp³-hybridized carbons (Fsp3) is 0.419. The maximum Gasteiger partial charge on any atom is 0.328 e. The number of carbonyl (C=O) groups excluding carboxylic acids is 2. The van der Waals surface area contributed by atoms with Gasteiger partial charge in [-0.25, -0.2) is 22.8 Å². The second-order valence-corrected chi connectivity index (χ2v) is 11.3. The molecule has 5 N–H and O–H groups in total. The van der Waals surface area contributed by atoms with Crippen LogP contribution < -0.4 is 11.1 Å². The molecule has 2 aliphatic heterocycles. The van der Waals surface area contributed by atoms with Crippen molar-refractivity contribution >= 4 is 23.8 Å². The van der Waals surface area contributed by atoms with E-state index in [1.807, 2.05) is 35.2 Å². The van der Waals surface area contributed by atoms with E-state index in [0.717, 1.165) is 24.5 Å².